The van der Waals surface area contributed by atoms with Crippen molar-refractivity contribution < 1.29 is 8.42 Å². The van der Waals surface area contributed by atoms with E-state index in [2.05, 4.69) is 25.9 Å². The van der Waals surface area contributed by atoms with E-state index >= 15 is 0 Å². The number of rotatable bonds is 4. The molecule has 2 aromatic rings. The minimum absolute atomic E-state index is 0.156. The minimum Gasteiger partial charge on any atom is -0.360 e. The predicted octanol–water partition coefficient (Wildman–Crippen LogP) is 1.20. The second-order valence-electron chi connectivity index (χ2n) is 4.75. The van der Waals surface area contributed by atoms with Crippen LogP contribution in [0.1, 0.15) is 17.0 Å². The predicted molar refractivity (Wildman–Crippen MR) is 80.4 cm³/mol. The van der Waals surface area contributed by atoms with Crippen molar-refractivity contribution in [2.45, 2.75) is 18.7 Å². The highest BCUT2D eigenvalue weighted by Gasteiger charge is 2.13. The largest absolute Gasteiger partial charge is 0.360 e. The summed E-state index contributed by atoms with van der Waals surface area (Å²) in [4.78, 5) is 0.243. The maximum Gasteiger partial charge on any atom is 0.216 e. The molecule has 1 aromatic heterocycles. The molecule has 2 rings (SSSR count). The summed E-state index contributed by atoms with van der Waals surface area (Å²) in [5, 5.41) is 25.1. The maximum absolute atomic E-state index is 11.8. The fourth-order valence-corrected chi connectivity index (χ4v) is 2.94. The van der Waals surface area contributed by atoms with Gasteiger partial charge < -0.3 is 5.32 Å². The standard InChI is InChI=1S/C13H14N6O2S/c1-8-4-9(2)12(22(3,20)21)5-11(8)15-7-10(6-14)13-16-18-19-17-13/h4-5,7,15H,1-3H3,(H,16,17,18,19). The van der Waals surface area contributed by atoms with Crippen molar-refractivity contribution in [2.75, 3.05) is 11.6 Å². The normalized spacial score (nSPS) is 12.0. The third kappa shape index (κ3) is 3.29. The summed E-state index contributed by atoms with van der Waals surface area (Å²) in [7, 11) is -3.33. The van der Waals surface area contributed by atoms with E-state index in [0.717, 1.165) is 11.8 Å². The van der Waals surface area contributed by atoms with E-state index in [4.69, 9.17) is 5.26 Å². The molecule has 0 aliphatic carbocycles. The third-order valence-electron chi connectivity index (χ3n) is 3.00. The van der Waals surface area contributed by atoms with Crippen molar-refractivity contribution >= 4 is 21.1 Å². The Morgan fingerprint density at radius 3 is 2.64 bits per heavy atom. The van der Waals surface area contributed by atoms with Gasteiger partial charge in [0, 0.05) is 18.1 Å². The van der Waals surface area contributed by atoms with Crippen LogP contribution >= 0.6 is 0 Å². The fourth-order valence-electron chi connectivity index (χ4n) is 1.96. The number of aromatic nitrogens is 4. The molecule has 114 valence electrons. The van der Waals surface area contributed by atoms with Crippen molar-refractivity contribution in [3.8, 4) is 6.07 Å². The molecule has 0 saturated carbocycles. The highest BCUT2D eigenvalue weighted by molar-refractivity contribution is 7.90. The number of sulfone groups is 1. The van der Waals surface area contributed by atoms with Crippen LogP contribution in [0.25, 0.3) is 5.57 Å². The van der Waals surface area contributed by atoms with Crippen molar-refractivity contribution in [2.24, 2.45) is 0 Å². The van der Waals surface area contributed by atoms with Crippen molar-refractivity contribution in [1.29, 1.82) is 5.26 Å². The molecule has 0 aliphatic rings. The van der Waals surface area contributed by atoms with Gasteiger partial charge in [-0.1, -0.05) is 6.07 Å². The van der Waals surface area contributed by atoms with Gasteiger partial charge in [-0.25, -0.2) is 8.42 Å². The third-order valence-corrected chi connectivity index (χ3v) is 4.24. The second-order valence-corrected chi connectivity index (χ2v) is 6.74. The zero-order valence-corrected chi connectivity index (χ0v) is 13.1. The summed E-state index contributed by atoms with van der Waals surface area (Å²) in [6.07, 6.45) is 2.57. The first kappa shape index (κ1) is 15.7. The molecule has 1 heterocycles. The molecule has 8 nitrogen and oxygen atoms in total. The summed E-state index contributed by atoms with van der Waals surface area (Å²) >= 11 is 0. The van der Waals surface area contributed by atoms with E-state index in [1.165, 1.54) is 6.20 Å². The van der Waals surface area contributed by atoms with Crippen LogP contribution < -0.4 is 5.32 Å². The number of hydrogen-bond acceptors (Lipinski definition) is 7. The summed E-state index contributed by atoms with van der Waals surface area (Å²) < 4.78 is 23.5. The van der Waals surface area contributed by atoms with Gasteiger partial charge in [0.2, 0.25) is 5.82 Å². The number of benzene rings is 1. The molecular weight excluding hydrogens is 304 g/mol. The Balaban J connectivity index is 2.40. The number of aromatic amines is 1. The van der Waals surface area contributed by atoms with Crippen LogP contribution in [0.15, 0.2) is 23.2 Å². The van der Waals surface area contributed by atoms with E-state index < -0.39 is 9.84 Å². The van der Waals surface area contributed by atoms with Gasteiger partial charge in [-0.05, 0) is 36.3 Å². The highest BCUT2D eigenvalue weighted by Crippen LogP contribution is 2.24. The Hall–Kier alpha value is -2.73. The zero-order chi connectivity index (χ0) is 16.3. The van der Waals surface area contributed by atoms with Gasteiger partial charge >= 0.3 is 0 Å². The summed E-state index contributed by atoms with van der Waals surface area (Å²) in [6, 6.07) is 5.26. The lowest BCUT2D eigenvalue weighted by Crippen LogP contribution is -2.03. The molecule has 0 aliphatic heterocycles. The van der Waals surface area contributed by atoms with Gasteiger partial charge in [0.05, 0.1) is 4.90 Å². The van der Waals surface area contributed by atoms with Gasteiger partial charge in [-0.3, -0.25) is 0 Å². The molecule has 22 heavy (non-hydrogen) atoms. The number of anilines is 1. The lowest BCUT2D eigenvalue weighted by molar-refractivity contribution is 0.601. The molecule has 1 aromatic carbocycles. The average Bonchev–Trinajstić information content (AvgIpc) is 2.94. The quantitative estimate of drug-likeness (QED) is 0.811. The Morgan fingerprint density at radius 2 is 2.09 bits per heavy atom. The van der Waals surface area contributed by atoms with Crippen LogP contribution in [0.2, 0.25) is 0 Å². The molecule has 0 atom stereocenters. The number of H-pyrrole nitrogens is 1. The lowest BCUT2D eigenvalue weighted by Gasteiger charge is -2.11. The van der Waals surface area contributed by atoms with E-state index in [1.807, 2.05) is 13.0 Å². The SMILES string of the molecule is Cc1cc(C)c(S(C)(=O)=O)cc1NC=C(C#N)c1nn[nH]n1. The number of aryl methyl sites for hydroxylation is 2. The number of allylic oxidation sites excluding steroid dienone is 1. The molecule has 2 N–H and O–H groups in total. The van der Waals surface area contributed by atoms with Crippen LogP contribution in [-0.2, 0) is 9.84 Å². The second kappa shape index (κ2) is 5.95. The van der Waals surface area contributed by atoms with Gasteiger partial charge in [-0.15, -0.1) is 10.2 Å². The van der Waals surface area contributed by atoms with Gasteiger partial charge in [0.25, 0.3) is 0 Å². The van der Waals surface area contributed by atoms with Crippen molar-refractivity contribution in [1.82, 2.24) is 20.6 Å². The van der Waals surface area contributed by atoms with E-state index in [1.54, 1.807) is 19.1 Å². The molecule has 0 amide bonds. The van der Waals surface area contributed by atoms with Crippen LogP contribution in [-0.4, -0.2) is 35.3 Å². The molecule has 0 saturated heterocycles. The number of nitriles is 1. The molecular formula is C13H14N6O2S. The van der Waals surface area contributed by atoms with Gasteiger partial charge in [0.1, 0.15) is 11.6 Å². The van der Waals surface area contributed by atoms with E-state index in [-0.39, 0.29) is 16.3 Å². The van der Waals surface area contributed by atoms with E-state index in [0.29, 0.717) is 11.3 Å². The van der Waals surface area contributed by atoms with Gasteiger partial charge in [-0.2, -0.15) is 10.5 Å². The number of tetrazole rings is 1. The van der Waals surface area contributed by atoms with E-state index in [9.17, 15) is 8.42 Å². The van der Waals surface area contributed by atoms with Gasteiger partial charge in [0.15, 0.2) is 9.84 Å². The Labute approximate surface area is 127 Å². The van der Waals surface area contributed by atoms with Crippen molar-refractivity contribution in [3.05, 3.63) is 35.3 Å². The molecule has 0 radical (unpaired) electrons. The Morgan fingerprint density at radius 1 is 1.36 bits per heavy atom. The summed E-state index contributed by atoms with van der Waals surface area (Å²) in [5.41, 5.74) is 2.29. The van der Waals surface area contributed by atoms with Crippen LogP contribution in [0, 0.1) is 25.2 Å². The average molecular weight is 318 g/mol. The highest BCUT2D eigenvalue weighted by atomic mass is 32.2. The molecule has 0 bridgehead atoms. The van der Waals surface area contributed by atoms with Crippen LogP contribution in [0.3, 0.4) is 0 Å². The minimum atomic E-state index is -3.33. The summed E-state index contributed by atoms with van der Waals surface area (Å²) in [5.74, 6) is 0.156. The first-order valence-electron chi connectivity index (χ1n) is 6.25. The molecule has 9 heteroatoms. The monoisotopic (exact) mass is 318 g/mol. The van der Waals surface area contributed by atoms with Crippen LogP contribution in [0.5, 0.6) is 0 Å². The smallest absolute Gasteiger partial charge is 0.216 e. The molecule has 0 unspecified atom stereocenters. The maximum atomic E-state index is 11.8. The zero-order valence-electron chi connectivity index (χ0n) is 12.2. The van der Waals surface area contributed by atoms with Crippen molar-refractivity contribution in [3.63, 3.8) is 0 Å². The number of hydrogen-bond donors (Lipinski definition) is 2. The first-order chi connectivity index (χ1) is 10.3. The fraction of sp³-hybridized carbons (Fsp3) is 0.231. The van der Waals surface area contributed by atoms with Crippen LogP contribution in [0.4, 0.5) is 5.69 Å². The Kier molecular flexibility index (Phi) is 4.23. The lowest BCUT2D eigenvalue weighted by atomic mass is 10.1. The number of nitrogens with zero attached hydrogens (tertiary/aromatic N) is 4. The molecule has 0 fully saturated rings. The Bertz CT molecular complexity index is 863. The first-order valence-corrected chi connectivity index (χ1v) is 8.14. The topological polar surface area (TPSA) is 124 Å². The molecule has 0 spiro atoms. The number of nitrogens with one attached hydrogen (secondary N) is 2. The summed E-state index contributed by atoms with van der Waals surface area (Å²) in [6.45, 7) is 3.58.